The summed E-state index contributed by atoms with van der Waals surface area (Å²) in [7, 11) is 0. The van der Waals surface area contributed by atoms with Crippen LogP contribution in [0.3, 0.4) is 0 Å². The lowest BCUT2D eigenvalue weighted by molar-refractivity contribution is 0.272. The third-order valence-electron chi connectivity index (χ3n) is 22.1. The summed E-state index contributed by atoms with van der Waals surface area (Å²) >= 11 is 0. The van der Waals surface area contributed by atoms with E-state index in [4.69, 9.17) is 66.3 Å². The normalized spacial score (nSPS) is 11.0. The van der Waals surface area contributed by atoms with Gasteiger partial charge in [-0.05, 0) is 184 Å². The van der Waals surface area contributed by atoms with Gasteiger partial charge in [0.05, 0.1) is 0 Å². The van der Waals surface area contributed by atoms with Crippen molar-refractivity contribution in [2.75, 3.05) is 0 Å². The minimum Gasteiger partial charge on any atom is -0.489 e. The standard InChI is InChI=1S/C118H98O14/c1-9-29-85(30-10-1)71-119-101-53-93(54-102(65-101)120-72-86-31-11-2-12-32-86)79-127-109-61-97(62-110(69-109)128-80-94-55-103(121-73-87-33-13-3-14-34-87)66-104(56-94)122-74-88-35-15-4-16-36-88)83-131-115-51-49-99-45-25-27-47-113(99)117(115)118-114-48-28-26-46-100(114)50-52-116(118)132-84-98-63-111(129-81-95-57-105(123-75-89-37-17-5-18-38-89)67-106(58-95)124-76-90-39-19-6-20-40-90)70-112(64-98)130-82-96-59-107(125-77-91-41-21-7-22-42-91)68-108(60-96)126-78-92-43-23-8-24-44-92/h1-70H,71-84H2. The summed E-state index contributed by atoms with van der Waals surface area (Å²) in [6.07, 6.45) is 0. The quantitative estimate of drug-likeness (QED) is 0.0359. The topological polar surface area (TPSA) is 129 Å². The maximum absolute atomic E-state index is 7.33. The van der Waals surface area contributed by atoms with Crippen LogP contribution in [0.5, 0.6) is 80.5 Å². The van der Waals surface area contributed by atoms with E-state index in [-0.39, 0.29) is 39.6 Å². The molecule has 0 spiro atoms. The summed E-state index contributed by atoms with van der Waals surface area (Å²) in [4.78, 5) is 0. The van der Waals surface area contributed by atoms with Crippen LogP contribution in [0.2, 0.25) is 0 Å². The Labute approximate surface area is 769 Å². The van der Waals surface area contributed by atoms with Gasteiger partial charge in [-0.15, -0.1) is 0 Å². The maximum atomic E-state index is 7.33. The van der Waals surface area contributed by atoms with Crippen molar-refractivity contribution in [3.05, 3.63) is 503 Å². The zero-order valence-electron chi connectivity index (χ0n) is 73.0. The van der Waals surface area contributed by atoms with E-state index in [0.29, 0.717) is 133 Å². The van der Waals surface area contributed by atoms with Gasteiger partial charge in [0.2, 0.25) is 0 Å². The molecule has 0 saturated heterocycles. The second-order valence-electron chi connectivity index (χ2n) is 32.1. The molecule has 14 nitrogen and oxygen atoms in total. The summed E-state index contributed by atoms with van der Waals surface area (Å²) in [6.45, 7) is 3.71. The molecule has 0 radical (unpaired) electrons. The Morgan fingerprint density at radius 2 is 0.258 bits per heavy atom. The smallest absolute Gasteiger partial charge is 0.128 e. The van der Waals surface area contributed by atoms with Crippen molar-refractivity contribution in [1.29, 1.82) is 0 Å². The fourth-order valence-electron chi connectivity index (χ4n) is 15.5. The molecule has 18 aromatic carbocycles. The first-order valence-corrected chi connectivity index (χ1v) is 44.3. The summed E-state index contributed by atoms with van der Waals surface area (Å²) in [5.74, 6) is 8.52. The molecule has 0 aromatic heterocycles. The summed E-state index contributed by atoms with van der Waals surface area (Å²) in [6, 6.07) is 141. The van der Waals surface area contributed by atoms with E-state index < -0.39 is 0 Å². The van der Waals surface area contributed by atoms with E-state index in [2.05, 4.69) is 60.7 Å². The molecule has 0 unspecified atom stereocenters. The highest BCUT2D eigenvalue weighted by Gasteiger charge is 2.22. The van der Waals surface area contributed by atoms with Gasteiger partial charge in [0.1, 0.15) is 173 Å². The van der Waals surface area contributed by atoms with E-state index in [9.17, 15) is 0 Å². The highest BCUT2D eigenvalue weighted by molar-refractivity contribution is 6.10. The van der Waals surface area contributed by atoms with Gasteiger partial charge in [0.15, 0.2) is 0 Å². The monoisotopic (exact) mass is 1740 g/mol. The molecule has 0 bridgehead atoms. The predicted molar refractivity (Wildman–Crippen MR) is 518 cm³/mol. The maximum Gasteiger partial charge on any atom is 0.128 e. The minimum atomic E-state index is 0.0933. The number of rotatable bonds is 43. The van der Waals surface area contributed by atoms with Crippen LogP contribution in [0.25, 0.3) is 32.7 Å². The number of hydrogen-bond donors (Lipinski definition) is 0. The van der Waals surface area contributed by atoms with Gasteiger partial charge in [-0.25, -0.2) is 0 Å². The van der Waals surface area contributed by atoms with E-state index in [1.807, 2.05) is 364 Å². The molecule has 14 heteroatoms. The fourth-order valence-corrected chi connectivity index (χ4v) is 15.5. The van der Waals surface area contributed by atoms with Crippen LogP contribution < -0.4 is 66.3 Å². The molecular formula is C118H98O14. The molecule has 654 valence electrons. The molecule has 0 saturated carbocycles. The molecule has 0 aliphatic heterocycles. The molecule has 0 fully saturated rings. The summed E-state index contributed by atoms with van der Waals surface area (Å²) in [5.41, 5.74) is 14.8. The van der Waals surface area contributed by atoms with Crippen LogP contribution >= 0.6 is 0 Å². The van der Waals surface area contributed by atoms with Crippen molar-refractivity contribution in [1.82, 2.24) is 0 Å². The predicted octanol–water partition coefficient (Wildman–Crippen LogP) is 27.8. The van der Waals surface area contributed by atoms with E-state index >= 15 is 0 Å². The third-order valence-corrected chi connectivity index (χ3v) is 22.1. The molecule has 0 amide bonds. The second-order valence-corrected chi connectivity index (χ2v) is 32.1. The Kier molecular flexibility index (Phi) is 28.8. The SMILES string of the molecule is c1ccc(COc2cc(COc3cc(COc4ccc5ccccc5c4-c4c(OCc5cc(OCc6cc(OCc7ccccc7)cc(OCc7ccccc7)c6)cc(OCc6cc(OCc7ccccc7)cc(OCc7ccccc7)c6)c5)ccc5ccccc45)cc(OCc4cc(OCc5ccccc5)cc(OCc5ccccc5)c4)c3)cc(OCc3ccccc3)c2)cc1. The van der Waals surface area contributed by atoms with Crippen molar-refractivity contribution in [3.63, 3.8) is 0 Å². The Balaban J connectivity index is 0.669. The van der Waals surface area contributed by atoms with Gasteiger partial charge in [0.25, 0.3) is 0 Å². The van der Waals surface area contributed by atoms with Gasteiger partial charge >= 0.3 is 0 Å². The first-order chi connectivity index (χ1) is 65.3. The first kappa shape index (κ1) is 86.4. The van der Waals surface area contributed by atoms with E-state index in [1.165, 1.54) is 0 Å². The third kappa shape index (κ3) is 24.7. The van der Waals surface area contributed by atoms with Crippen molar-refractivity contribution in [2.45, 2.75) is 92.5 Å². The highest BCUT2D eigenvalue weighted by atomic mass is 16.5. The molecule has 0 N–H and O–H groups in total. The van der Waals surface area contributed by atoms with Gasteiger partial charge in [-0.1, -0.05) is 303 Å². The second kappa shape index (κ2) is 43.9. The Hall–Kier alpha value is -16.3. The highest BCUT2D eigenvalue weighted by Crippen LogP contribution is 2.47. The van der Waals surface area contributed by atoms with Crippen LogP contribution in [-0.2, 0) is 92.5 Å². The van der Waals surface area contributed by atoms with Crippen molar-refractivity contribution >= 4 is 21.5 Å². The van der Waals surface area contributed by atoms with Crippen molar-refractivity contribution in [2.24, 2.45) is 0 Å². The number of fused-ring (bicyclic) bond motifs is 2. The number of hydrogen-bond acceptors (Lipinski definition) is 14. The summed E-state index contributed by atoms with van der Waals surface area (Å²) in [5, 5.41) is 3.93. The molecule has 0 atom stereocenters. The lowest BCUT2D eigenvalue weighted by Gasteiger charge is -2.20. The van der Waals surface area contributed by atoms with Crippen LogP contribution in [0.15, 0.2) is 425 Å². The van der Waals surface area contributed by atoms with E-state index in [0.717, 1.165) is 111 Å². The Bertz CT molecular complexity index is 5800. The molecule has 18 rings (SSSR count). The lowest BCUT2D eigenvalue weighted by Crippen LogP contribution is -2.04. The largest absolute Gasteiger partial charge is 0.489 e. The Morgan fingerprint density at radius 1 is 0.114 bits per heavy atom. The average Bonchev–Trinajstić information content (AvgIpc) is 0.750. The van der Waals surface area contributed by atoms with Gasteiger partial charge in [0, 0.05) is 47.5 Å². The van der Waals surface area contributed by atoms with Crippen LogP contribution in [0.1, 0.15) is 77.9 Å². The van der Waals surface area contributed by atoms with Gasteiger partial charge in [-0.3, -0.25) is 0 Å². The zero-order chi connectivity index (χ0) is 88.9. The van der Waals surface area contributed by atoms with Crippen molar-refractivity contribution < 1.29 is 66.3 Å². The average molecular weight is 1740 g/mol. The van der Waals surface area contributed by atoms with Gasteiger partial charge in [-0.2, -0.15) is 0 Å². The van der Waals surface area contributed by atoms with Crippen LogP contribution in [0.4, 0.5) is 0 Å². The fraction of sp³-hybridized carbons (Fsp3) is 0.119. The lowest BCUT2D eigenvalue weighted by atomic mass is 9.92. The molecule has 0 aliphatic carbocycles. The molecule has 0 aliphatic rings. The van der Waals surface area contributed by atoms with Gasteiger partial charge < -0.3 is 66.3 Å². The zero-order valence-corrected chi connectivity index (χ0v) is 73.0. The van der Waals surface area contributed by atoms with E-state index in [1.54, 1.807) is 0 Å². The van der Waals surface area contributed by atoms with Crippen LogP contribution in [-0.4, -0.2) is 0 Å². The minimum absolute atomic E-state index is 0.0933. The first-order valence-electron chi connectivity index (χ1n) is 44.3. The molecule has 18 aromatic rings. The molecule has 132 heavy (non-hydrogen) atoms. The Morgan fingerprint density at radius 3 is 0.432 bits per heavy atom. The molecular weight excluding hydrogens is 1640 g/mol. The van der Waals surface area contributed by atoms with Crippen molar-refractivity contribution in [3.8, 4) is 91.6 Å². The number of ether oxygens (including phenoxy) is 14. The molecule has 0 heterocycles. The van der Waals surface area contributed by atoms with Crippen LogP contribution in [0, 0.1) is 0 Å². The summed E-state index contributed by atoms with van der Waals surface area (Å²) < 4.78 is 94.3. The number of benzene rings is 18.